The molecule has 0 aliphatic heterocycles. The average Bonchev–Trinajstić information content (AvgIpc) is 2.55. The van der Waals surface area contributed by atoms with E-state index in [-0.39, 0.29) is 30.9 Å². The Morgan fingerprint density at radius 2 is 0.960 bits per heavy atom. The molecule has 152 valence electrons. The second kappa shape index (κ2) is 17.6. The minimum Gasteiger partial charge on any atom is -0.357 e. The van der Waals surface area contributed by atoms with Crippen molar-refractivity contribution in [2.45, 2.75) is 77.3 Å². The predicted octanol–water partition coefficient (Wildman–Crippen LogP) is 2.02. The molecule has 25 heavy (non-hydrogen) atoms. The van der Waals surface area contributed by atoms with Gasteiger partial charge in [-0.25, -0.2) is 0 Å². The number of hydrogen-bond acceptors (Lipinski definition) is 5. The van der Waals surface area contributed by atoms with Crippen LogP contribution in [0, 0.1) is 0 Å². The molecule has 0 saturated carbocycles. The SMILES string of the molecule is CCOC(OCC)[SiH2]C(C)CCNCCC(C)[SiH2]C(OCC)OCC. The summed E-state index contributed by atoms with van der Waals surface area (Å²) in [5, 5.41) is 3.60. The smallest absolute Gasteiger partial charge is 0.135 e. The molecule has 0 aromatic carbocycles. The number of hydrogen-bond donors (Lipinski definition) is 1. The van der Waals surface area contributed by atoms with Gasteiger partial charge < -0.3 is 24.3 Å². The summed E-state index contributed by atoms with van der Waals surface area (Å²) in [4.78, 5) is 0. The van der Waals surface area contributed by atoms with Crippen LogP contribution in [0.3, 0.4) is 0 Å². The Hall–Kier alpha value is 0.234. The Bertz CT molecular complexity index is 250. The second-order valence-corrected chi connectivity index (χ2v) is 11.8. The van der Waals surface area contributed by atoms with Gasteiger partial charge in [0.25, 0.3) is 0 Å². The molecule has 5 nitrogen and oxygen atoms in total. The van der Waals surface area contributed by atoms with Gasteiger partial charge in [-0.3, -0.25) is 0 Å². The molecule has 0 aliphatic rings. The molecule has 1 N–H and O–H groups in total. The third-order valence-corrected chi connectivity index (χ3v) is 8.37. The molecule has 0 heterocycles. The Kier molecular flexibility index (Phi) is 17.8. The standard InChI is InChI=1S/C18H43NO4Si2/c1-7-20-17(21-8-2)24-15(5)11-13-19-14-12-16(6)25-18(22-9-3)23-10-4/h15-19H,7-14,24-25H2,1-6H3. The summed E-state index contributed by atoms with van der Waals surface area (Å²) in [6, 6.07) is 0. The third kappa shape index (κ3) is 15.0. The van der Waals surface area contributed by atoms with E-state index in [1.165, 1.54) is 12.8 Å². The van der Waals surface area contributed by atoms with E-state index >= 15 is 0 Å². The fourth-order valence-corrected chi connectivity index (χ4v) is 6.51. The van der Waals surface area contributed by atoms with Crippen LogP contribution >= 0.6 is 0 Å². The first-order chi connectivity index (χ1) is 12.1. The highest BCUT2D eigenvalue weighted by Crippen LogP contribution is 2.12. The Labute approximate surface area is 160 Å². The first-order valence-electron chi connectivity index (χ1n) is 10.2. The van der Waals surface area contributed by atoms with Crippen molar-refractivity contribution in [2.24, 2.45) is 0 Å². The zero-order chi connectivity index (χ0) is 18.9. The maximum Gasteiger partial charge on any atom is 0.135 e. The van der Waals surface area contributed by atoms with E-state index in [2.05, 4.69) is 19.2 Å². The molecular weight excluding hydrogens is 350 g/mol. The maximum absolute atomic E-state index is 5.69. The van der Waals surface area contributed by atoms with Crippen LogP contribution < -0.4 is 5.32 Å². The summed E-state index contributed by atoms with van der Waals surface area (Å²) in [5.74, 6) is 0.176. The fourth-order valence-electron chi connectivity index (χ4n) is 2.83. The average molecular weight is 394 g/mol. The molecule has 2 atom stereocenters. The summed E-state index contributed by atoms with van der Waals surface area (Å²) in [6.07, 6.45) is 2.43. The highest BCUT2D eigenvalue weighted by molar-refractivity contribution is 6.38. The first-order valence-corrected chi connectivity index (χ1v) is 13.5. The van der Waals surface area contributed by atoms with Gasteiger partial charge in [-0.15, -0.1) is 0 Å². The Morgan fingerprint density at radius 3 is 1.24 bits per heavy atom. The molecule has 0 spiro atoms. The van der Waals surface area contributed by atoms with E-state index in [9.17, 15) is 0 Å². The summed E-state index contributed by atoms with van der Waals surface area (Å²) in [5.41, 5.74) is 1.48. The van der Waals surface area contributed by atoms with Crippen LogP contribution in [0.25, 0.3) is 0 Å². The van der Waals surface area contributed by atoms with Crippen molar-refractivity contribution >= 4 is 19.0 Å². The van der Waals surface area contributed by atoms with Crippen LogP contribution in [0.2, 0.25) is 11.1 Å². The van der Waals surface area contributed by atoms with Crippen LogP contribution in [0.15, 0.2) is 0 Å². The minimum absolute atomic E-state index is 0.0880. The van der Waals surface area contributed by atoms with E-state index in [1.54, 1.807) is 0 Å². The fraction of sp³-hybridized carbons (Fsp3) is 1.00. The molecule has 0 saturated heterocycles. The molecular formula is C18H43NO4Si2. The molecule has 0 aromatic heterocycles. The van der Waals surface area contributed by atoms with Crippen molar-refractivity contribution in [1.29, 1.82) is 0 Å². The van der Waals surface area contributed by atoms with Gasteiger partial charge in [0.1, 0.15) is 11.8 Å². The molecule has 0 aliphatic carbocycles. The third-order valence-electron chi connectivity index (χ3n) is 4.23. The number of nitrogens with one attached hydrogen (secondary N) is 1. The van der Waals surface area contributed by atoms with Crippen LogP contribution in [0.5, 0.6) is 0 Å². The van der Waals surface area contributed by atoms with E-state index < -0.39 is 0 Å². The zero-order valence-electron chi connectivity index (χ0n) is 17.5. The van der Waals surface area contributed by atoms with Gasteiger partial charge in [0.2, 0.25) is 0 Å². The molecule has 7 heteroatoms. The predicted molar refractivity (Wildman–Crippen MR) is 112 cm³/mol. The van der Waals surface area contributed by atoms with Crippen molar-refractivity contribution < 1.29 is 18.9 Å². The zero-order valence-corrected chi connectivity index (χ0v) is 20.3. The molecule has 0 radical (unpaired) electrons. The highest BCUT2D eigenvalue weighted by Gasteiger charge is 2.15. The number of rotatable bonds is 18. The lowest BCUT2D eigenvalue weighted by Crippen LogP contribution is -2.30. The molecule has 0 aromatic rings. The van der Waals surface area contributed by atoms with E-state index in [0.29, 0.717) is 0 Å². The van der Waals surface area contributed by atoms with E-state index in [4.69, 9.17) is 18.9 Å². The van der Waals surface area contributed by atoms with Gasteiger partial charge in [-0.2, -0.15) is 0 Å². The van der Waals surface area contributed by atoms with Gasteiger partial charge in [0.15, 0.2) is 0 Å². The monoisotopic (exact) mass is 393 g/mol. The van der Waals surface area contributed by atoms with Crippen molar-refractivity contribution in [3.8, 4) is 0 Å². The maximum atomic E-state index is 5.69. The van der Waals surface area contributed by atoms with Crippen LogP contribution in [0.1, 0.15) is 54.4 Å². The van der Waals surface area contributed by atoms with Crippen molar-refractivity contribution in [3.05, 3.63) is 0 Å². The lowest BCUT2D eigenvalue weighted by molar-refractivity contribution is -0.0835. The summed E-state index contributed by atoms with van der Waals surface area (Å²) < 4.78 is 22.8. The minimum atomic E-state index is -0.360. The van der Waals surface area contributed by atoms with Crippen molar-refractivity contribution in [1.82, 2.24) is 5.32 Å². The van der Waals surface area contributed by atoms with Crippen LogP contribution in [0.4, 0.5) is 0 Å². The number of ether oxygens (including phenoxy) is 4. The molecule has 0 amide bonds. The lowest BCUT2D eigenvalue weighted by Gasteiger charge is -2.21. The summed E-state index contributed by atoms with van der Waals surface area (Å²) >= 11 is 0. The van der Waals surface area contributed by atoms with Crippen LogP contribution in [-0.4, -0.2) is 70.4 Å². The highest BCUT2D eigenvalue weighted by atomic mass is 28.2. The normalized spacial score (nSPS) is 15.4. The second-order valence-electron chi connectivity index (χ2n) is 6.69. The quantitative estimate of drug-likeness (QED) is 0.219. The Balaban J connectivity index is 3.78. The van der Waals surface area contributed by atoms with Crippen molar-refractivity contribution in [2.75, 3.05) is 39.5 Å². The Morgan fingerprint density at radius 1 is 0.640 bits per heavy atom. The van der Waals surface area contributed by atoms with E-state index in [0.717, 1.165) is 50.6 Å². The van der Waals surface area contributed by atoms with E-state index in [1.807, 2.05) is 27.7 Å². The van der Waals surface area contributed by atoms with Gasteiger partial charge in [0.05, 0.1) is 19.0 Å². The van der Waals surface area contributed by atoms with Crippen LogP contribution in [-0.2, 0) is 18.9 Å². The van der Waals surface area contributed by atoms with Gasteiger partial charge >= 0.3 is 0 Å². The molecule has 2 unspecified atom stereocenters. The molecule has 0 bridgehead atoms. The topological polar surface area (TPSA) is 49.0 Å². The van der Waals surface area contributed by atoms with Gasteiger partial charge in [-0.05, 0) is 64.7 Å². The summed E-state index contributed by atoms with van der Waals surface area (Å²) in [6.45, 7) is 18.0. The van der Waals surface area contributed by atoms with Crippen molar-refractivity contribution in [3.63, 3.8) is 0 Å². The van der Waals surface area contributed by atoms with Gasteiger partial charge in [-0.1, -0.05) is 13.8 Å². The van der Waals surface area contributed by atoms with Gasteiger partial charge in [0, 0.05) is 26.4 Å². The summed E-state index contributed by atoms with van der Waals surface area (Å²) in [7, 11) is -0.720. The molecule has 0 fully saturated rings. The lowest BCUT2D eigenvalue weighted by atomic mass is 10.3. The first kappa shape index (κ1) is 25.2. The molecule has 0 rings (SSSR count). The largest absolute Gasteiger partial charge is 0.357 e.